The third kappa shape index (κ3) is 9.90. The van der Waals surface area contributed by atoms with Gasteiger partial charge in [-0.2, -0.15) is 22.6 Å². The number of carbonyl (C=O) groups is 1. The van der Waals surface area contributed by atoms with Gasteiger partial charge in [0.2, 0.25) is 12.0 Å². The SMILES string of the molecule is COc1cccc(-c2ncc3snc(OC(Cc4ccccc4OCc4ccnn4CC(F)(F)F)C(=O)O)c3c2-c2ccc(OCCN3CCN(C)CC3)c(Cl)c2C)c1. The smallest absolute Gasteiger partial charge is 0.408 e. The second kappa shape index (κ2) is 18.2. The number of benzene rings is 3. The van der Waals surface area contributed by atoms with Crippen LogP contribution in [0.2, 0.25) is 5.02 Å². The molecule has 0 aliphatic carbocycles. The van der Waals surface area contributed by atoms with Crippen LogP contribution in [0.4, 0.5) is 13.2 Å². The van der Waals surface area contributed by atoms with E-state index in [1.165, 1.54) is 12.3 Å². The van der Waals surface area contributed by atoms with E-state index in [0.717, 1.165) is 65.6 Å². The van der Waals surface area contributed by atoms with E-state index in [2.05, 4.69) is 26.3 Å². The van der Waals surface area contributed by atoms with Crippen molar-refractivity contribution in [2.75, 3.05) is 53.5 Å². The van der Waals surface area contributed by atoms with E-state index in [4.69, 9.17) is 35.5 Å². The Labute approximate surface area is 347 Å². The van der Waals surface area contributed by atoms with Crippen LogP contribution in [0.25, 0.3) is 32.5 Å². The van der Waals surface area contributed by atoms with Crippen molar-refractivity contribution in [3.8, 4) is 45.5 Å². The van der Waals surface area contributed by atoms with Crippen molar-refractivity contribution < 1.29 is 42.0 Å². The summed E-state index contributed by atoms with van der Waals surface area (Å²) in [6, 6.07) is 19.3. The van der Waals surface area contributed by atoms with Crippen LogP contribution in [0.3, 0.4) is 0 Å². The van der Waals surface area contributed by atoms with Crippen LogP contribution in [-0.2, 0) is 24.4 Å². The first-order valence-corrected chi connectivity index (χ1v) is 20.0. The number of carboxylic acid groups (broad SMARTS) is 1. The molecule has 3 aromatic carbocycles. The maximum atomic E-state index is 13.1. The molecule has 310 valence electrons. The standard InChI is InChI=1S/C42H42ClF3N6O6S/c1-26-31(11-12-33(38(26)43)56-20-19-51-17-15-50(2)16-18-51)36-37-35(23-47-39(36)28-8-6-9-30(21-28)55-3)59-49-40(37)58-34(41(53)54)22-27-7-4-5-10-32(27)57-24-29-13-14-48-52(29)25-42(44,45)46/h4-14,21,23,34H,15-20,22,24-25H2,1-3H3,(H,53,54). The fourth-order valence-corrected chi connectivity index (χ4v) is 7.83. The van der Waals surface area contributed by atoms with E-state index in [1.807, 2.05) is 43.3 Å². The number of likely N-dealkylation sites (N-methyl/N-ethyl adjacent to an activating group) is 1. The van der Waals surface area contributed by atoms with Crippen LogP contribution in [-0.4, -0.2) is 106 Å². The zero-order valence-electron chi connectivity index (χ0n) is 32.5. The fraction of sp³-hybridized carbons (Fsp3) is 0.333. The number of pyridine rings is 1. The highest BCUT2D eigenvalue weighted by molar-refractivity contribution is 7.13. The number of aliphatic carboxylic acids is 1. The van der Waals surface area contributed by atoms with Gasteiger partial charge in [0.05, 0.1) is 33.6 Å². The minimum absolute atomic E-state index is 0.0800. The molecule has 1 unspecified atom stereocenters. The van der Waals surface area contributed by atoms with E-state index in [-0.39, 0.29) is 30.4 Å². The number of hydrogen-bond donors (Lipinski definition) is 1. The number of hydrogen-bond acceptors (Lipinski definition) is 11. The first kappa shape index (κ1) is 41.7. The maximum Gasteiger partial charge on any atom is 0.408 e. The number of carboxylic acids is 1. The summed E-state index contributed by atoms with van der Waals surface area (Å²) in [6.45, 7) is 5.59. The van der Waals surface area contributed by atoms with Crippen LogP contribution >= 0.6 is 23.1 Å². The molecular weight excluding hydrogens is 809 g/mol. The number of rotatable bonds is 16. The topological polar surface area (TPSA) is 124 Å². The van der Waals surface area contributed by atoms with E-state index in [9.17, 15) is 23.1 Å². The van der Waals surface area contributed by atoms with Crippen molar-refractivity contribution in [1.82, 2.24) is 28.9 Å². The predicted molar refractivity (Wildman–Crippen MR) is 219 cm³/mol. The number of para-hydroxylation sites is 1. The largest absolute Gasteiger partial charge is 0.497 e. The van der Waals surface area contributed by atoms with Crippen LogP contribution in [0, 0.1) is 6.92 Å². The molecule has 1 aliphatic rings. The fourth-order valence-electron chi connectivity index (χ4n) is 6.92. The number of nitrogens with zero attached hydrogens (tertiary/aromatic N) is 6. The molecule has 6 aromatic rings. The van der Waals surface area contributed by atoms with Crippen molar-refractivity contribution in [2.24, 2.45) is 0 Å². The van der Waals surface area contributed by atoms with Gasteiger partial charge in [0.25, 0.3) is 0 Å². The highest BCUT2D eigenvalue weighted by Gasteiger charge is 2.30. The number of aromatic nitrogens is 4. The van der Waals surface area contributed by atoms with Gasteiger partial charge in [-0.3, -0.25) is 14.6 Å². The summed E-state index contributed by atoms with van der Waals surface area (Å²) in [5.74, 6) is 0.264. The Morgan fingerprint density at radius 1 is 1.02 bits per heavy atom. The quantitative estimate of drug-likeness (QED) is 0.102. The number of fused-ring (bicyclic) bond motifs is 1. The number of methoxy groups -OCH3 is 1. The summed E-state index contributed by atoms with van der Waals surface area (Å²) in [7, 11) is 3.70. The molecule has 1 saturated heterocycles. The van der Waals surface area contributed by atoms with Gasteiger partial charge < -0.3 is 29.0 Å². The number of halogens is 4. The van der Waals surface area contributed by atoms with Crippen molar-refractivity contribution in [2.45, 2.75) is 38.8 Å². The highest BCUT2D eigenvalue weighted by atomic mass is 35.5. The molecule has 0 radical (unpaired) electrons. The van der Waals surface area contributed by atoms with Crippen LogP contribution in [0.5, 0.6) is 23.1 Å². The number of piperazine rings is 1. The molecule has 59 heavy (non-hydrogen) atoms. The lowest BCUT2D eigenvalue weighted by atomic mass is 9.93. The molecule has 0 bridgehead atoms. The minimum atomic E-state index is -4.47. The molecule has 7 rings (SSSR count). The summed E-state index contributed by atoms with van der Waals surface area (Å²) >= 11 is 8.17. The van der Waals surface area contributed by atoms with Gasteiger partial charge in [0.1, 0.15) is 37.0 Å². The molecule has 0 saturated carbocycles. The van der Waals surface area contributed by atoms with Gasteiger partial charge >= 0.3 is 12.1 Å². The first-order chi connectivity index (χ1) is 28.4. The number of alkyl halides is 3. The average molecular weight is 851 g/mol. The summed E-state index contributed by atoms with van der Waals surface area (Å²) in [5, 5.41) is 15.2. The second-order valence-electron chi connectivity index (χ2n) is 14.1. The van der Waals surface area contributed by atoms with Crippen LogP contribution in [0.15, 0.2) is 79.1 Å². The molecule has 1 fully saturated rings. The minimum Gasteiger partial charge on any atom is -0.497 e. The zero-order valence-corrected chi connectivity index (χ0v) is 34.1. The first-order valence-electron chi connectivity index (χ1n) is 18.8. The lowest BCUT2D eigenvalue weighted by Gasteiger charge is -2.32. The molecule has 3 aromatic heterocycles. The monoisotopic (exact) mass is 850 g/mol. The van der Waals surface area contributed by atoms with Crippen molar-refractivity contribution in [3.63, 3.8) is 0 Å². The van der Waals surface area contributed by atoms with E-state index in [0.29, 0.717) is 50.0 Å². The predicted octanol–water partition coefficient (Wildman–Crippen LogP) is 8.03. The molecule has 0 spiro atoms. The van der Waals surface area contributed by atoms with Crippen molar-refractivity contribution in [1.29, 1.82) is 0 Å². The molecule has 1 N–H and O–H groups in total. The zero-order chi connectivity index (χ0) is 41.7. The summed E-state index contributed by atoms with van der Waals surface area (Å²) in [6.07, 6.45) is -3.13. The summed E-state index contributed by atoms with van der Waals surface area (Å²) in [4.78, 5) is 22.4. The average Bonchev–Trinajstić information content (AvgIpc) is 3.84. The Hall–Kier alpha value is -5.42. The highest BCUT2D eigenvalue weighted by Crippen LogP contribution is 2.46. The Kier molecular flexibility index (Phi) is 12.9. The molecule has 4 heterocycles. The van der Waals surface area contributed by atoms with Gasteiger partial charge in [0, 0.05) is 62.7 Å². The summed E-state index contributed by atoms with van der Waals surface area (Å²) in [5.41, 5.74) is 4.04. The van der Waals surface area contributed by atoms with E-state index in [1.54, 1.807) is 37.6 Å². The normalized spacial score (nSPS) is 14.4. The third-order valence-corrected chi connectivity index (χ3v) is 11.4. The van der Waals surface area contributed by atoms with Crippen molar-refractivity contribution >= 4 is 39.2 Å². The Balaban J connectivity index is 1.21. The Morgan fingerprint density at radius 3 is 2.58 bits per heavy atom. The lowest BCUT2D eigenvalue weighted by Crippen LogP contribution is -2.45. The Bertz CT molecular complexity index is 2420. The lowest BCUT2D eigenvalue weighted by molar-refractivity contribution is -0.145. The molecule has 1 aliphatic heterocycles. The van der Waals surface area contributed by atoms with Crippen LogP contribution in [0.1, 0.15) is 16.8 Å². The Morgan fingerprint density at radius 2 is 1.81 bits per heavy atom. The molecule has 0 amide bonds. The van der Waals surface area contributed by atoms with Gasteiger partial charge in [-0.1, -0.05) is 48.0 Å². The maximum absolute atomic E-state index is 13.1. The molecule has 1 atom stereocenters. The van der Waals surface area contributed by atoms with E-state index >= 15 is 0 Å². The third-order valence-electron chi connectivity index (χ3n) is 10.1. The van der Waals surface area contributed by atoms with Crippen molar-refractivity contribution in [3.05, 3.63) is 101 Å². The van der Waals surface area contributed by atoms with Gasteiger partial charge in [-0.05, 0) is 72.5 Å². The van der Waals surface area contributed by atoms with Gasteiger partial charge in [-0.25, -0.2) is 4.79 Å². The summed E-state index contributed by atoms with van der Waals surface area (Å²) < 4.78 is 69.4. The van der Waals surface area contributed by atoms with Gasteiger partial charge in [0.15, 0.2) is 0 Å². The van der Waals surface area contributed by atoms with Crippen LogP contribution < -0.4 is 18.9 Å². The van der Waals surface area contributed by atoms with E-state index < -0.39 is 24.8 Å². The molecule has 12 nitrogen and oxygen atoms in total. The second-order valence-corrected chi connectivity index (χ2v) is 15.3. The molecule has 17 heteroatoms. The number of ether oxygens (including phenoxy) is 4. The molecular formula is C42H42ClF3N6O6S. The van der Waals surface area contributed by atoms with Gasteiger partial charge in [-0.15, -0.1) is 0 Å².